The van der Waals surface area contributed by atoms with E-state index in [1.165, 1.54) is 22.5 Å². The maximum absolute atomic E-state index is 10.8. The number of aromatic nitrogens is 1. The maximum Gasteiger partial charge on any atom is 0.187 e. The molecule has 5 heteroatoms. The van der Waals surface area contributed by atoms with Gasteiger partial charge in [-0.25, -0.2) is 4.98 Å². The second-order valence-corrected chi connectivity index (χ2v) is 5.58. The average Bonchev–Trinajstić information content (AvgIpc) is 2.79. The minimum absolute atomic E-state index is 0.309. The molecule has 92 valence electrons. The van der Waals surface area contributed by atoms with E-state index in [0.29, 0.717) is 10.0 Å². The summed E-state index contributed by atoms with van der Waals surface area (Å²) in [4.78, 5) is 17.7. The first-order chi connectivity index (χ1) is 8.78. The van der Waals surface area contributed by atoms with Gasteiger partial charge < -0.3 is 4.90 Å². The zero-order valence-electron chi connectivity index (χ0n) is 9.60. The Morgan fingerprint density at radius 2 is 2.11 bits per heavy atom. The van der Waals surface area contributed by atoms with E-state index in [9.17, 15) is 4.79 Å². The number of carbonyl (C=O) groups is 1. The first kappa shape index (κ1) is 11.7. The van der Waals surface area contributed by atoms with Gasteiger partial charge in [0.25, 0.3) is 0 Å². The normalized spacial score (nSPS) is 14.4. The number of carbonyl (C=O) groups excluding carboxylic acids is 1. The summed E-state index contributed by atoms with van der Waals surface area (Å²) in [5.41, 5.74) is 2.72. The fraction of sp³-hybridized carbons (Fsp3) is 0.231. The third-order valence-corrected chi connectivity index (χ3v) is 4.55. The van der Waals surface area contributed by atoms with Crippen LogP contribution in [0.15, 0.2) is 24.3 Å². The van der Waals surface area contributed by atoms with Crippen LogP contribution >= 0.6 is 22.9 Å². The lowest BCUT2D eigenvalue weighted by molar-refractivity contribution is 0.112. The van der Waals surface area contributed by atoms with Crippen LogP contribution in [0.3, 0.4) is 0 Å². The van der Waals surface area contributed by atoms with Crippen LogP contribution in [0.5, 0.6) is 0 Å². The predicted octanol–water partition coefficient (Wildman–Crippen LogP) is 3.17. The monoisotopic (exact) mass is 278 g/mol. The van der Waals surface area contributed by atoms with E-state index in [0.717, 1.165) is 30.9 Å². The van der Waals surface area contributed by atoms with Gasteiger partial charge in [-0.15, -0.1) is 0 Å². The third-order valence-electron chi connectivity index (χ3n) is 3.11. The smallest absolute Gasteiger partial charge is 0.187 e. The van der Waals surface area contributed by atoms with Gasteiger partial charge in [-0.2, -0.15) is 0 Å². The standard InChI is InChI=1S/C13H11ClN2OS/c14-12-11(8-17)18-13(15-12)16-6-5-9-3-1-2-4-10(9)7-16/h1-4,8H,5-7H2. The van der Waals surface area contributed by atoms with E-state index in [4.69, 9.17) is 11.6 Å². The van der Waals surface area contributed by atoms with E-state index in [1.807, 2.05) is 6.07 Å². The number of benzene rings is 1. The number of rotatable bonds is 2. The zero-order chi connectivity index (χ0) is 12.5. The summed E-state index contributed by atoms with van der Waals surface area (Å²) in [5, 5.41) is 1.14. The van der Waals surface area contributed by atoms with Crippen LogP contribution in [0.1, 0.15) is 20.8 Å². The van der Waals surface area contributed by atoms with Crippen LogP contribution in [0.2, 0.25) is 5.15 Å². The fourth-order valence-corrected chi connectivity index (χ4v) is 3.26. The predicted molar refractivity (Wildman–Crippen MR) is 73.7 cm³/mol. The van der Waals surface area contributed by atoms with Crippen molar-refractivity contribution in [1.29, 1.82) is 0 Å². The molecule has 0 bridgehead atoms. The van der Waals surface area contributed by atoms with Crippen LogP contribution in [0.25, 0.3) is 0 Å². The second kappa shape index (κ2) is 4.71. The molecular formula is C13H11ClN2OS. The van der Waals surface area contributed by atoms with Crippen LogP contribution in [0, 0.1) is 0 Å². The maximum atomic E-state index is 10.8. The summed E-state index contributed by atoms with van der Waals surface area (Å²) >= 11 is 7.26. The van der Waals surface area contributed by atoms with Gasteiger partial charge in [-0.1, -0.05) is 47.2 Å². The molecule has 18 heavy (non-hydrogen) atoms. The average molecular weight is 279 g/mol. The number of anilines is 1. The largest absolute Gasteiger partial charge is 0.343 e. The van der Waals surface area contributed by atoms with Crippen molar-refractivity contribution in [2.75, 3.05) is 11.4 Å². The van der Waals surface area contributed by atoms with Crippen LogP contribution in [0.4, 0.5) is 5.13 Å². The van der Waals surface area contributed by atoms with E-state index in [2.05, 4.69) is 28.1 Å². The number of hydrogen-bond donors (Lipinski definition) is 0. The summed E-state index contributed by atoms with van der Waals surface area (Å²) < 4.78 is 0. The summed E-state index contributed by atoms with van der Waals surface area (Å²) in [5.74, 6) is 0. The molecule has 1 aliphatic rings. The highest BCUT2D eigenvalue weighted by Gasteiger charge is 2.20. The zero-order valence-corrected chi connectivity index (χ0v) is 11.2. The van der Waals surface area contributed by atoms with Gasteiger partial charge >= 0.3 is 0 Å². The molecule has 3 nitrogen and oxygen atoms in total. The van der Waals surface area contributed by atoms with Gasteiger partial charge in [0.1, 0.15) is 4.88 Å². The first-order valence-corrected chi connectivity index (χ1v) is 6.90. The van der Waals surface area contributed by atoms with Crippen molar-refractivity contribution in [3.05, 3.63) is 45.4 Å². The Balaban J connectivity index is 1.89. The van der Waals surface area contributed by atoms with E-state index in [-0.39, 0.29) is 0 Å². The van der Waals surface area contributed by atoms with Crippen molar-refractivity contribution in [1.82, 2.24) is 4.98 Å². The highest BCUT2D eigenvalue weighted by molar-refractivity contribution is 7.17. The van der Waals surface area contributed by atoms with Crippen molar-refractivity contribution >= 4 is 34.4 Å². The van der Waals surface area contributed by atoms with Crippen molar-refractivity contribution in [2.24, 2.45) is 0 Å². The highest BCUT2D eigenvalue weighted by Crippen LogP contribution is 2.31. The van der Waals surface area contributed by atoms with Crippen molar-refractivity contribution < 1.29 is 4.79 Å². The van der Waals surface area contributed by atoms with E-state index in [1.54, 1.807) is 0 Å². The number of aldehydes is 1. The number of hydrogen-bond acceptors (Lipinski definition) is 4. The van der Waals surface area contributed by atoms with Gasteiger partial charge in [0.2, 0.25) is 0 Å². The third kappa shape index (κ3) is 2.02. The summed E-state index contributed by atoms with van der Waals surface area (Å²) in [6.45, 7) is 1.75. The Labute approximate surface area is 114 Å². The molecule has 0 saturated carbocycles. The Hall–Kier alpha value is -1.39. The molecule has 0 N–H and O–H groups in total. The molecule has 0 spiro atoms. The lowest BCUT2D eigenvalue weighted by atomic mass is 10.0. The molecule has 3 rings (SSSR count). The molecule has 1 aromatic heterocycles. The molecule has 0 atom stereocenters. The first-order valence-electron chi connectivity index (χ1n) is 5.71. The molecule has 2 aromatic rings. The number of thiazole rings is 1. The number of nitrogens with zero attached hydrogens (tertiary/aromatic N) is 2. The number of halogens is 1. The van der Waals surface area contributed by atoms with E-state index >= 15 is 0 Å². The Kier molecular flexibility index (Phi) is 3.06. The Morgan fingerprint density at radius 1 is 1.33 bits per heavy atom. The molecular weight excluding hydrogens is 268 g/mol. The Bertz CT molecular complexity index is 596. The van der Waals surface area contributed by atoms with Gasteiger partial charge in [0.05, 0.1) is 0 Å². The summed E-state index contributed by atoms with van der Waals surface area (Å²) in [6.07, 6.45) is 1.77. The SMILES string of the molecule is O=Cc1sc(N2CCc3ccccc3C2)nc1Cl. The second-order valence-electron chi connectivity index (χ2n) is 4.21. The van der Waals surface area contributed by atoms with E-state index < -0.39 is 0 Å². The van der Waals surface area contributed by atoms with Crippen molar-refractivity contribution in [3.63, 3.8) is 0 Å². The van der Waals surface area contributed by atoms with Crippen molar-refractivity contribution in [2.45, 2.75) is 13.0 Å². The molecule has 1 aromatic carbocycles. The van der Waals surface area contributed by atoms with Gasteiger partial charge in [0, 0.05) is 13.1 Å². The van der Waals surface area contributed by atoms with Crippen LogP contribution in [-0.4, -0.2) is 17.8 Å². The minimum Gasteiger partial charge on any atom is -0.343 e. The summed E-state index contributed by atoms with van der Waals surface area (Å²) in [7, 11) is 0. The molecule has 0 fully saturated rings. The van der Waals surface area contributed by atoms with Gasteiger partial charge in [0.15, 0.2) is 16.6 Å². The molecule has 0 saturated heterocycles. The molecule has 0 aliphatic carbocycles. The molecule has 0 unspecified atom stereocenters. The van der Waals surface area contributed by atoms with Gasteiger partial charge in [-0.05, 0) is 17.5 Å². The topological polar surface area (TPSA) is 33.2 Å². The molecule has 1 aliphatic heterocycles. The lowest BCUT2D eigenvalue weighted by Gasteiger charge is -2.28. The van der Waals surface area contributed by atoms with Gasteiger partial charge in [-0.3, -0.25) is 4.79 Å². The minimum atomic E-state index is 0.309. The Morgan fingerprint density at radius 3 is 2.83 bits per heavy atom. The lowest BCUT2D eigenvalue weighted by Crippen LogP contribution is -2.30. The highest BCUT2D eigenvalue weighted by atomic mass is 35.5. The molecule has 0 amide bonds. The summed E-state index contributed by atoms with van der Waals surface area (Å²) in [6, 6.07) is 8.42. The molecule has 2 heterocycles. The number of fused-ring (bicyclic) bond motifs is 1. The van der Waals surface area contributed by atoms with Crippen LogP contribution in [-0.2, 0) is 13.0 Å². The van der Waals surface area contributed by atoms with Crippen LogP contribution < -0.4 is 4.90 Å². The van der Waals surface area contributed by atoms with Crippen molar-refractivity contribution in [3.8, 4) is 0 Å². The quantitative estimate of drug-likeness (QED) is 0.791. The fourth-order valence-electron chi connectivity index (χ4n) is 2.17. The molecule has 0 radical (unpaired) electrons.